The van der Waals surface area contributed by atoms with Gasteiger partial charge in [-0.3, -0.25) is 4.79 Å². The largest absolute Gasteiger partial charge is 0.329 e. The van der Waals surface area contributed by atoms with E-state index in [0.29, 0.717) is 0 Å². The molecule has 0 spiro atoms. The van der Waals surface area contributed by atoms with Gasteiger partial charge >= 0.3 is 5.37 Å². The first-order valence-electron chi connectivity index (χ1n) is 4.22. The van der Waals surface area contributed by atoms with Crippen LogP contribution in [0.3, 0.4) is 0 Å². The molecule has 1 amide bonds. The lowest BCUT2D eigenvalue weighted by Gasteiger charge is -2.11. The van der Waals surface area contributed by atoms with E-state index in [4.69, 9.17) is 11.6 Å². The standard InChI is InChI=1S/C8H12ClNO/c9-8(11)10-4-6-2-1-3-7(6)5-10/h6-7H,1-5H2. The molecule has 2 unspecified atom stereocenters. The van der Waals surface area contributed by atoms with Gasteiger partial charge in [0.1, 0.15) is 0 Å². The molecule has 2 atom stereocenters. The van der Waals surface area contributed by atoms with E-state index in [1.54, 1.807) is 4.90 Å². The molecule has 62 valence electrons. The highest BCUT2D eigenvalue weighted by Gasteiger charge is 2.37. The van der Waals surface area contributed by atoms with Crippen LogP contribution in [0.25, 0.3) is 0 Å². The molecule has 1 aliphatic heterocycles. The van der Waals surface area contributed by atoms with E-state index >= 15 is 0 Å². The summed E-state index contributed by atoms with van der Waals surface area (Å²) < 4.78 is 0. The molecule has 11 heavy (non-hydrogen) atoms. The molecule has 1 aliphatic carbocycles. The Balaban J connectivity index is 1.99. The van der Waals surface area contributed by atoms with Crippen molar-refractivity contribution in [3.63, 3.8) is 0 Å². The Bertz CT molecular complexity index is 171. The van der Waals surface area contributed by atoms with E-state index in [1.807, 2.05) is 0 Å². The van der Waals surface area contributed by atoms with E-state index in [-0.39, 0.29) is 5.37 Å². The summed E-state index contributed by atoms with van der Waals surface area (Å²) in [6.45, 7) is 1.82. The molecule has 0 aromatic heterocycles. The fraction of sp³-hybridized carbons (Fsp3) is 0.875. The van der Waals surface area contributed by atoms with Gasteiger partial charge in [0.05, 0.1) is 0 Å². The third kappa shape index (κ3) is 1.24. The lowest BCUT2D eigenvalue weighted by Crippen LogP contribution is -2.23. The number of amides is 1. The summed E-state index contributed by atoms with van der Waals surface area (Å²) >= 11 is 5.38. The smallest absolute Gasteiger partial charge is 0.316 e. The predicted octanol–water partition coefficient (Wildman–Crippen LogP) is 2.08. The van der Waals surface area contributed by atoms with Gasteiger partial charge in [0.2, 0.25) is 0 Å². The highest BCUT2D eigenvalue weighted by Crippen LogP contribution is 2.37. The molecule has 1 saturated heterocycles. The van der Waals surface area contributed by atoms with Gasteiger partial charge in [0, 0.05) is 13.1 Å². The second kappa shape index (κ2) is 2.67. The Kier molecular flexibility index (Phi) is 1.80. The molecular weight excluding hydrogens is 162 g/mol. The van der Waals surface area contributed by atoms with Crippen molar-refractivity contribution < 1.29 is 4.79 Å². The molecule has 0 bridgehead atoms. The number of hydrogen-bond acceptors (Lipinski definition) is 1. The molecule has 2 fully saturated rings. The van der Waals surface area contributed by atoms with Crippen LogP contribution in [0.2, 0.25) is 0 Å². The van der Waals surface area contributed by atoms with E-state index in [2.05, 4.69) is 0 Å². The van der Waals surface area contributed by atoms with Gasteiger partial charge < -0.3 is 4.90 Å². The van der Waals surface area contributed by atoms with Crippen LogP contribution < -0.4 is 0 Å². The molecule has 2 rings (SSSR count). The zero-order valence-electron chi connectivity index (χ0n) is 6.42. The second-order valence-electron chi connectivity index (χ2n) is 3.61. The minimum atomic E-state index is -0.264. The SMILES string of the molecule is O=C(Cl)N1CC2CCCC2C1. The van der Waals surface area contributed by atoms with Gasteiger partial charge in [0.15, 0.2) is 0 Å². The number of nitrogens with zero attached hydrogens (tertiary/aromatic N) is 1. The summed E-state index contributed by atoms with van der Waals surface area (Å²) in [7, 11) is 0. The number of rotatable bonds is 0. The first-order valence-corrected chi connectivity index (χ1v) is 4.59. The lowest BCUT2D eigenvalue weighted by molar-refractivity contribution is 0.228. The van der Waals surface area contributed by atoms with Crippen molar-refractivity contribution in [2.24, 2.45) is 11.8 Å². The zero-order valence-corrected chi connectivity index (χ0v) is 7.18. The van der Waals surface area contributed by atoms with Crippen LogP contribution in [-0.2, 0) is 0 Å². The number of carbonyl (C=O) groups excluding carboxylic acids is 1. The molecule has 3 heteroatoms. The third-order valence-corrected chi connectivity index (χ3v) is 3.21. The predicted molar refractivity (Wildman–Crippen MR) is 43.7 cm³/mol. The van der Waals surface area contributed by atoms with Gasteiger partial charge in [-0.05, 0) is 36.3 Å². The third-order valence-electron chi connectivity index (χ3n) is 2.97. The lowest BCUT2D eigenvalue weighted by atomic mass is 10.0. The molecule has 0 radical (unpaired) electrons. The van der Waals surface area contributed by atoms with Gasteiger partial charge in [0.25, 0.3) is 0 Å². The average molecular weight is 174 g/mol. The average Bonchev–Trinajstić information content (AvgIpc) is 2.40. The van der Waals surface area contributed by atoms with E-state index in [0.717, 1.165) is 24.9 Å². The number of fused-ring (bicyclic) bond motifs is 1. The van der Waals surface area contributed by atoms with Crippen LogP contribution in [0.15, 0.2) is 0 Å². The van der Waals surface area contributed by atoms with Crippen LogP contribution in [0.1, 0.15) is 19.3 Å². The van der Waals surface area contributed by atoms with Crippen molar-refractivity contribution in [2.45, 2.75) is 19.3 Å². The fourth-order valence-electron chi connectivity index (χ4n) is 2.38. The van der Waals surface area contributed by atoms with E-state index < -0.39 is 0 Å². The normalized spacial score (nSPS) is 35.9. The van der Waals surface area contributed by atoms with Crippen molar-refractivity contribution >= 4 is 17.0 Å². The molecule has 0 N–H and O–H groups in total. The number of carbonyl (C=O) groups is 1. The van der Waals surface area contributed by atoms with Crippen molar-refractivity contribution in [1.29, 1.82) is 0 Å². The molecule has 2 aliphatic rings. The Morgan fingerprint density at radius 1 is 1.27 bits per heavy atom. The first-order chi connectivity index (χ1) is 5.27. The summed E-state index contributed by atoms with van der Waals surface area (Å²) in [5, 5.41) is -0.264. The van der Waals surface area contributed by atoms with Crippen LogP contribution in [0, 0.1) is 11.8 Å². The summed E-state index contributed by atoms with van der Waals surface area (Å²) in [6, 6.07) is 0. The molecular formula is C8H12ClNO. The Morgan fingerprint density at radius 2 is 1.82 bits per heavy atom. The number of halogens is 1. The first kappa shape index (κ1) is 7.41. The van der Waals surface area contributed by atoms with Gasteiger partial charge in [-0.15, -0.1) is 0 Å². The molecule has 0 aromatic rings. The second-order valence-corrected chi connectivity index (χ2v) is 3.93. The maximum absolute atomic E-state index is 10.8. The van der Waals surface area contributed by atoms with E-state index in [1.165, 1.54) is 19.3 Å². The van der Waals surface area contributed by atoms with Gasteiger partial charge in [-0.1, -0.05) is 6.42 Å². The van der Waals surface area contributed by atoms with Gasteiger partial charge in [-0.25, -0.2) is 0 Å². The maximum atomic E-state index is 10.8. The summed E-state index contributed by atoms with van der Waals surface area (Å²) in [6.07, 6.45) is 3.94. The summed E-state index contributed by atoms with van der Waals surface area (Å²) in [4.78, 5) is 12.5. The Morgan fingerprint density at radius 3 is 2.27 bits per heavy atom. The topological polar surface area (TPSA) is 20.3 Å². The minimum absolute atomic E-state index is 0.264. The molecule has 1 saturated carbocycles. The molecule has 2 nitrogen and oxygen atoms in total. The molecule has 0 aromatic carbocycles. The monoisotopic (exact) mass is 173 g/mol. The van der Waals surface area contributed by atoms with E-state index in [9.17, 15) is 4.79 Å². The summed E-state index contributed by atoms with van der Waals surface area (Å²) in [5.41, 5.74) is 0. The molecule has 1 heterocycles. The van der Waals surface area contributed by atoms with Crippen molar-refractivity contribution in [2.75, 3.05) is 13.1 Å². The number of hydrogen-bond donors (Lipinski definition) is 0. The van der Waals surface area contributed by atoms with Crippen molar-refractivity contribution in [3.8, 4) is 0 Å². The van der Waals surface area contributed by atoms with Crippen LogP contribution in [0.5, 0.6) is 0 Å². The fourth-order valence-corrected chi connectivity index (χ4v) is 2.52. The van der Waals surface area contributed by atoms with Gasteiger partial charge in [-0.2, -0.15) is 0 Å². The highest BCUT2D eigenvalue weighted by atomic mass is 35.5. The Hall–Kier alpha value is -0.240. The maximum Gasteiger partial charge on any atom is 0.316 e. The minimum Gasteiger partial charge on any atom is -0.329 e. The Labute approximate surface area is 71.5 Å². The number of likely N-dealkylation sites (tertiary alicyclic amines) is 1. The quantitative estimate of drug-likeness (QED) is 0.406. The van der Waals surface area contributed by atoms with Crippen molar-refractivity contribution in [3.05, 3.63) is 0 Å². The summed E-state index contributed by atoms with van der Waals surface area (Å²) in [5.74, 6) is 1.52. The zero-order chi connectivity index (χ0) is 7.84. The van der Waals surface area contributed by atoms with Crippen LogP contribution in [0.4, 0.5) is 4.79 Å². The highest BCUT2D eigenvalue weighted by molar-refractivity contribution is 6.62. The van der Waals surface area contributed by atoms with Crippen molar-refractivity contribution in [1.82, 2.24) is 4.90 Å². The van der Waals surface area contributed by atoms with Crippen LogP contribution >= 0.6 is 11.6 Å². The van der Waals surface area contributed by atoms with Crippen LogP contribution in [-0.4, -0.2) is 23.4 Å².